The number of fused-ring (bicyclic) bond motifs is 2. The Morgan fingerprint density at radius 1 is 1.26 bits per heavy atom. The molecule has 1 aromatic rings. The summed E-state index contributed by atoms with van der Waals surface area (Å²) >= 11 is 0. The summed E-state index contributed by atoms with van der Waals surface area (Å²) in [5.41, 5.74) is 0.580. The number of allylic oxidation sites excluding steroid dienone is 2. The first kappa shape index (κ1) is 11.9. The van der Waals surface area contributed by atoms with E-state index in [0.29, 0.717) is 5.69 Å². The summed E-state index contributed by atoms with van der Waals surface area (Å²) in [5, 5.41) is 13.9. The molecule has 1 N–H and O–H groups in total. The second-order valence-electron chi connectivity index (χ2n) is 5.05. The molecular weight excluding hydrogens is 244 g/mol. The van der Waals surface area contributed by atoms with Crippen LogP contribution in [0.5, 0.6) is 0 Å². The zero-order valence-electron chi connectivity index (χ0n) is 10.2. The lowest BCUT2D eigenvalue weighted by atomic mass is 9.82. The van der Waals surface area contributed by atoms with Crippen LogP contribution in [-0.4, -0.2) is 16.9 Å². The number of carboxylic acids is 1. The molecule has 98 valence electrons. The monoisotopic (exact) mass is 257 g/mol. The van der Waals surface area contributed by atoms with Gasteiger partial charge in [-0.25, -0.2) is 0 Å². The molecule has 0 spiro atoms. The van der Waals surface area contributed by atoms with Gasteiger partial charge in [0.05, 0.1) is 17.8 Å². The molecule has 3 rings (SSSR count). The summed E-state index contributed by atoms with van der Waals surface area (Å²) < 4.78 is 0. The SMILES string of the molecule is O=C([O-])[C@@H]1[C@H](C(=O)Nc2cccnc2)[C@H]2C=C[C@H]1C2. The number of amides is 1. The van der Waals surface area contributed by atoms with Gasteiger partial charge < -0.3 is 15.2 Å². The van der Waals surface area contributed by atoms with Crippen molar-refractivity contribution in [3.8, 4) is 0 Å². The van der Waals surface area contributed by atoms with Crippen LogP contribution in [0, 0.1) is 23.7 Å². The van der Waals surface area contributed by atoms with Crippen LogP contribution in [0.2, 0.25) is 0 Å². The Hall–Kier alpha value is -2.17. The van der Waals surface area contributed by atoms with Crippen LogP contribution in [0.4, 0.5) is 5.69 Å². The number of carbonyl (C=O) groups is 2. The molecule has 19 heavy (non-hydrogen) atoms. The molecule has 2 bridgehead atoms. The average Bonchev–Trinajstić information content (AvgIpc) is 2.99. The number of nitrogens with zero attached hydrogens (tertiary/aromatic N) is 1. The highest BCUT2D eigenvalue weighted by Crippen LogP contribution is 2.48. The van der Waals surface area contributed by atoms with Crippen LogP contribution in [0.15, 0.2) is 36.7 Å². The van der Waals surface area contributed by atoms with E-state index in [-0.39, 0.29) is 17.7 Å². The molecule has 1 aromatic heterocycles. The highest BCUT2D eigenvalue weighted by molar-refractivity contribution is 5.96. The van der Waals surface area contributed by atoms with Crippen molar-refractivity contribution < 1.29 is 14.7 Å². The Bertz CT molecular complexity index is 541. The highest BCUT2D eigenvalue weighted by atomic mass is 16.4. The topological polar surface area (TPSA) is 82.1 Å². The van der Waals surface area contributed by atoms with Gasteiger partial charge in [0.15, 0.2) is 0 Å². The Morgan fingerprint density at radius 2 is 2.00 bits per heavy atom. The smallest absolute Gasteiger partial charge is 0.228 e. The van der Waals surface area contributed by atoms with E-state index >= 15 is 0 Å². The number of rotatable bonds is 3. The van der Waals surface area contributed by atoms with Gasteiger partial charge in [-0.3, -0.25) is 9.78 Å². The Morgan fingerprint density at radius 3 is 2.63 bits per heavy atom. The number of carboxylic acid groups (broad SMARTS) is 1. The van der Waals surface area contributed by atoms with Crippen molar-refractivity contribution in [2.24, 2.45) is 23.7 Å². The molecule has 1 amide bonds. The van der Waals surface area contributed by atoms with Gasteiger partial charge in [-0.05, 0) is 30.4 Å². The summed E-state index contributed by atoms with van der Waals surface area (Å²) in [7, 11) is 0. The first-order valence-corrected chi connectivity index (χ1v) is 6.27. The predicted molar refractivity (Wildman–Crippen MR) is 65.6 cm³/mol. The van der Waals surface area contributed by atoms with Crippen molar-refractivity contribution in [1.82, 2.24) is 4.98 Å². The number of aliphatic carboxylic acids is 1. The number of aromatic nitrogens is 1. The van der Waals surface area contributed by atoms with E-state index in [1.807, 2.05) is 12.2 Å². The fourth-order valence-corrected chi connectivity index (χ4v) is 3.16. The Labute approximate surface area is 110 Å². The van der Waals surface area contributed by atoms with Crippen molar-refractivity contribution in [1.29, 1.82) is 0 Å². The maximum Gasteiger partial charge on any atom is 0.228 e. The van der Waals surface area contributed by atoms with E-state index in [9.17, 15) is 14.7 Å². The lowest BCUT2D eigenvalue weighted by Gasteiger charge is -2.27. The molecule has 2 aliphatic rings. The molecule has 0 saturated heterocycles. The molecular formula is C14H13N2O3-. The van der Waals surface area contributed by atoms with Gasteiger partial charge in [0.2, 0.25) is 5.91 Å². The number of hydrogen-bond donors (Lipinski definition) is 1. The molecule has 0 aliphatic heterocycles. The number of anilines is 1. The van der Waals surface area contributed by atoms with Gasteiger partial charge in [0, 0.05) is 18.1 Å². The largest absolute Gasteiger partial charge is 0.550 e. The molecule has 0 radical (unpaired) electrons. The van der Waals surface area contributed by atoms with Crippen LogP contribution in [-0.2, 0) is 9.59 Å². The zero-order chi connectivity index (χ0) is 13.4. The van der Waals surface area contributed by atoms with E-state index in [1.165, 1.54) is 6.20 Å². The van der Waals surface area contributed by atoms with Crippen LogP contribution < -0.4 is 10.4 Å². The predicted octanol–water partition coefficient (Wildman–Crippen LogP) is 0.208. The highest BCUT2D eigenvalue weighted by Gasteiger charge is 2.48. The third-order valence-electron chi connectivity index (χ3n) is 3.96. The van der Waals surface area contributed by atoms with Gasteiger partial charge in [0.25, 0.3) is 0 Å². The molecule has 5 nitrogen and oxygen atoms in total. The second kappa shape index (κ2) is 4.50. The summed E-state index contributed by atoms with van der Waals surface area (Å²) in [6, 6.07) is 3.44. The molecule has 2 aliphatic carbocycles. The molecule has 5 heteroatoms. The van der Waals surface area contributed by atoms with E-state index in [1.54, 1.807) is 18.3 Å². The van der Waals surface area contributed by atoms with Crippen LogP contribution in [0.1, 0.15) is 6.42 Å². The van der Waals surface area contributed by atoms with Gasteiger partial charge in [-0.2, -0.15) is 0 Å². The van der Waals surface area contributed by atoms with Gasteiger partial charge in [-0.15, -0.1) is 0 Å². The van der Waals surface area contributed by atoms with Crippen molar-refractivity contribution in [2.45, 2.75) is 6.42 Å². The van der Waals surface area contributed by atoms with E-state index in [0.717, 1.165) is 6.42 Å². The maximum atomic E-state index is 12.3. The minimum absolute atomic E-state index is 0.00423. The minimum atomic E-state index is -1.14. The third kappa shape index (κ3) is 2.01. The summed E-state index contributed by atoms with van der Waals surface area (Å²) in [4.78, 5) is 27.4. The number of hydrogen-bond acceptors (Lipinski definition) is 4. The van der Waals surface area contributed by atoms with Crippen LogP contribution >= 0.6 is 0 Å². The van der Waals surface area contributed by atoms with Gasteiger partial charge in [-0.1, -0.05) is 12.2 Å². The molecule has 1 heterocycles. The van der Waals surface area contributed by atoms with Crippen molar-refractivity contribution in [3.63, 3.8) is 0 Å². The van der Waals surface area contributed by atoms with E-state index in [4.69, 9.17) is 0 Å². The summed E-state index contributed by atoms with van der Waals surface area (Å²) in [6.45, 7) is 0. The fourth-order valence-electron chi connectivity index (χ4n) is 3.16. The van der Waals surface area contributed by atoms with Gasteiger partial charge in [0.1, 0.15) is 0 Å². The van der Waals surface area contributed by atoms with Crippen molar-refractivity contribution >= 4 is 17.6 Å². The summed E-state index contributed by atoms with van der Waals surface area (Å²) in [5.74, 6) is -2.72. The fraction of sp³-hybridized carbons (Fsp3) is 0.357. The zero-order valence-corrected chi connectivity index (χ0v) is 10.2. The Balaban J connectivity index is 1.79. The van der Waals surface area contributed by atoms with Crippen molar-refractivity contribution in [2.75, 3.05) is 5.32 Å². The standard InChI is InChI=1S/C14H14N2O3/c17-13(16-10-2-1-5-15-7-10)11-8-3-4-9(6-8)12(11)14(18)19/h1-5,7-9,11-12H,6H2,(H,16,17)(H,18,19)/p-1/t8-,9-,11+,12-/m0/s1. The number of nitrogens with one attached hydrogen (secondary N) is 1. The summed E-state index contributed by atoms with van der Waals surface area (Å²) in [6.07, 6.45) is 7.70. The van der Waals surface area contributed by atoms with Crippen molar-refractivity contribution in [3.05, 3.63) is 36.7 Å². The molecule has 4 atom stereocenters. The quantitative estimate of drug-likeness (QED) is 0.785. The lowest BCUT2D eigenvalue weighted by molar-refractivity contribution is -0.313. The maximum absolute atomic E-state index is 12.3. The van der Waals surface area contributed by atoms with E-state index < -0.39 is 17.8 Å². The molecule has 0 aromatic carbocycles. The first-order chi connectivity index (χ1) is 9.16. The first-order valence-electron chi connectivity index (χ1n) is 6.27. The van der Waals surface area contributed by atoms with Crippen LogP contribution in [0.3, 0.4) is 0 Å². The number of pyridine rings is 1. The third-order valence-corrected chi connectivity index (χ3v) is 3.96. The normalized spacial score (nSPS) is 31.4. The number of carbonyl (C=O) groups excluding carboxylic acids is 2. The molecule has 0 unspecified atom stereocenters. The van der Waals surface area contributed by atoms with Gasteiger partial charge >= 0.3 is 0 Å². The van der Waals surface area contributed by atoms with E-state index in [2.05, 4.69) is 10.3 Å². The second-order valence-corrected chi connectivity index (χ2v) is 5.05. The average molecular weight is 257 g/mol. The molecule has 1 saturated carbocycles. The molecule has 1 fully saturated rings. The Kier molecular flexibility index (Phi) is 2.81. The minimum Gasteiger partial charge on any atom is -0.550 e. The lowest BCUT2D eigenvalue weighted by Crippen LogP contribution is -2.42. The van der Waals surface area contributed by atoms with Crippen LogP contribution in [0.25, 0.3) is 0 Å².